The molecule has 0 unspecified atom stereocenters. The lowest BCUT2D eigenvalue weighted by Gasteiger charge is -2.14. The van der Waals surface area contributed by atoms with Crippen molar-refractivity contribution in [2.24, 2.45) is 0 Å². The number of benzene rings is 2. The Morgan fingerprint density at radius 3 is 2.72 bits per heavy atom. The maximum Gasteiger partial charge on any atom is 0.340 e. The van der Waals surface area contributed by atoms with Gasteiger partial charge in [-0.2, -0.15) is 0 Å². The van der Waals surface area contributed by atoms with Crippen molar-refractivity contribution in [2.45, 2.75) is 13.0 Å². The molecule has 1 amide bonds. The molecule has 6 nitrogen and oxygen atoms in total. The first kappa shape index (κ1) is 17.2. The molecule has 0 aliphatic carbocycles. The number of amides is 1. The van der Waals surface area contributed by atoms with Crippen molar-refractivity contribution >= 4 is 33.5 Å². The van der Waals surface area contributed by atoms with Crippen LogP contribution in [0.3, 0.4) is 0 Å². The minimum absolute atomic E-state index is 0.129. The summed E-state index contributed by atoms with van der Waals surface area (Å²) in [6.07, 6.45) is -1.05. The van der Waals surface area contributed by atoms with Gasteiger partial charge in [0.1, 0.15) is 5.82 Å². The fourth-order valence-electron chi connectivity index (χ4n) is 2.15. The lowest BCUT2D eigenvalue weighted by molar-refractivity contribution is -0.123. The molecule has 130 valence electrons. The highest BCUT2D eigenvalue weighted by Gasteiger charge is 2.22. The highest BCUT2D eigenvalue weighted by molar-refractivity contribution is 9.10. The van der Waals surface area contributed by atoms with Crippen LogP contribution < -0.4 is 14.8 Å². The Labute approximate surface area is 151 Å². The van der Waals surface area contributed by atoms with Gasteiger partial charge in [0.2, 0.25) is 6.79 Å². The number of carbonyl (C=O) groups excluding carboxylic acids is 2. The van der Waals surface area contributed by atoms with Crippen LogP contribution in [0.4, 0.5) is 10.1 Å². The van der Waals surface area contributed by atoms with Gasteiger partial charge in [0.05, 0.1) is 5.56 Å². The normalized spacial score (nSPS) is 13.2. The summed E-state index contributed by atoms with van der Waals surface area (Å²) in [5, 5.41) is 2.63. The Morgan fingerprint density at radius 1 is 1.20 bits per heavy atom. The Hall–Kier alpha value is -2.61. The Bertz CT molecular complexity index is 842. The molecule has 1 N–H and O–H groups in total. The number of rotatable bonds is 4. The number of esters is 1. The highest BCUT2D eigenvalue weighted by Crippen LogP contribution is 2.34. The maximum absolute atomic E-state index is 13.1. The number of hydrogen-bond acceptors (Lipinski definition) is 5. The van der Waals surface area contributed by atoms with Gasteiger partial charge in [-0.15, -0.1) is 0 Å². The molecule has 1 aliphatic rings. The Morgan fingerprint density at radius 2 is 1.96 bits per heavy atom. The molecule has 8 heteroatoms. The molecule has 0 radical (unpaired) electrons. The van der Waals surface area contributed by atoms with Crippen molar-refractivity contribution < 1.29 is 28.2 Å². The Balaban J connectivity index is 1.63. The van der Waals surface area contributed by atoms with Crippen LogP contribution in [0.5, 0.6) is 11.5 Å². The number of ether oxygens (including phenoxy) is 3. The van der Waals surface area contributed by atoms with E-state index in [1.807, 2.05) is 0 Å². The van der Waals surface area contributed by atoms with Crippen molar-refractivity contribution in [3.63, 3.8) is 0 Å². The minimum Gasteiger partial charge on any atom is -0.454 e. The van der Waals surface area contributed by atoms with Gasteiger partial charge in [0, 0.05) is 16.2 Å². The van der Waals surface area contributed by atoms with Crippen LogP contribution in [-0.2, 0) is 9.53 Å². The maximum atomic E-state index is 13.1. The smallest absolute Gasteiger partial charge is 0.340 e. The van der Waals surface area contributed by atoms with Crippen LogP contribution in [-0.4, -0.2) is 24.8 Å². The quantitative estimate of drug-likeness (QED) is 0.782. The van der Waals surface area contributed by atoms with E-state index in [0.29, 0.717) is 17.2 Å². The van der Waals surface area contributed by atoms with E-state index in [-0.39, 0.29) is 16.8 Å². The molecule has 25 heavy (non-hydrogen) atoms. The van der Waals surface area contributed by atoms with Crippen LogP contribution in [0, 0.1) is 5.82 Å². The van der Waals surface area contributed by atoms with E-state index in [0.717, 1.165) is 12.1 Å². The number of nitrogens with one attached hydrogen (secondary N) is 1. The van der Waals surface area contributed by atoms with E-state index >= 15 is 0 Å². The van der Waals surface area contributed by atoms with Crippen LogP contribution in [0.2, 0.25) is 0 Å². The zero-order valence-corrected chi connectivity index (χ0v) is 14.6. The standard InChI is InChI=1S/C17H13BrFNO5/c1-9(25-17(22)12-4-2-10(19)6-13(12)18)16(21)20-11-3-5-14-15(7-11)24-8-23-14/h2-7,9H,8H2,1H3,(H,20,21)/t9-/m1/s1. The van der Waals surface area contributed by atoms with Gasteiger partial charge in [0.25, 0.3) is 5.91 Å². The molecule has 0 aromatic heterocycles. The molecular formula is C17H13BrFNO5. The van der Waals surface area contributed by atoms with Crippen LogP contribution in [0.25, 0.3) is 0 Å². The van der Waals surface area contributed by atoms with Gasteiger partial charge in [-0.05, 0) is 53.2 Å². The fourth-order valence-corrected chi connectivity index (χ4v) is 2.66. The minimum atomic E-state index is -1.05. The molecule has 0 saturated carbocycles. The largest absolute Gasteiger partial charge is 0.454 e. The van der Waals surface area contributed by atoms with Gasteiger partial charge in [0.15, 0.2) is 17.6 Å². The molecule has 2 aromatic rings. The SMILES string of the molecule is C[C@@H](OC(=O)c1ccc(F)cc1Br)C(=O)Nc1ccc2c(c1)OCO2. The van der Waals surface area contributed by atoms with E-state index < -0.39 is 23.8 Å². The summed E-state index contributed by atoms with van der Waals surface area (Å²) in [6, 6.07) is 8.50. The molecule has 0 saturated heterocycles. The first-order valence-corrected chi connectivity index (χ1v) is 8.10. The van der Waals surface area contributed by atoms with Crippen molar-refractivity contribution in [3.05, 3.63) is 52.3 Å². The molecule has 0 bridgehead atoms. The Kier molecular flexibility index (Phi) is 4.89. The molecule has 1 atom stereocenters. The lowest BCUT2D eigenvalue weighted by Crippen LogP contribution is -2.30. The number of halogens is 2. The summed E-state index contributed by atoms with van der Waals surface area (Å²) >= 11 is 3.09. The van der Waals surface area contributed by atoms with Gasteiger partial charge in [-0.3, -0.25) is 4.79 Å². The average molecular weight is 410 g/mol. The lowest BCUT2D eigenvalue weighted by atomic mass is 10.2. The van der Waals surface area contributed by atoms with E-state index in [2.05, 4.69) is 21.2 Å². The molecule has 3 rings (SSSR count). The zero-order valence-electron chi connectivity index (χ0n) is 13.0. The second-order valence-corrected chi connectivity index (χ2v) is 6.08. The van der Waals surface area contributed by atoms with E-state index in [4.69, 9.17) is 14.2 Å². The van der Waals surface area contributed by atoms with Gasteiger partial charge in [-0.1, -0.05) is 0 Å². The molecule has 1 heterocycles. The van der Waals surface area contributed by atoms with E-state index in [1.165, 1.54) is 13.0 Å². The van der Waals surface area contributed by atoms with Crippen molar-refractivity contribution in [1.29, 1.82) is 0 Å². The topological polar surface area (TPSA) is 73.9 Å². The van der Waals surface area contributed by atoms with Gasteiger partial charge in [-0.25, -0.2) is 9.18 Å². The number of anilines is 1. The predicted molar refractivity (Wildman–Crippen MR) is 90.2 cm³/mol. The number of fused-ring (bicyclic) bond motifs is 1. The van der Waals surface area contributed by atoms with Gasteiger partial charge < -0.3 is 19.5 Å². The van der Waals surface area contributed by atoms with Crippen LogP contribution in [0.15, 0.2) is 40.9 Å². The van der Waals surface area contributed by atoms with Crippen molar-refractivity contribution in [1.82, 2.24) is 0 Å². The van der Waals surface area contributed by atoms with Crippen molar-refractivity contribution in [3.8, 4) is 11.5 Å². The second-order valence-electron chi connectivity index (χ2n) is 5.23. The second kappa shape index (κ2) is 7.10. The summed E-state index contributed by atoms with van der Waals surface area (Å²) in [5.41, 5.74) is 0.615. The third-order valence-electron chi connectivity index (χ3n) is 3.44. The zero-order chi connectivity index (χ0) is 18.0. The van der Waals surface area contributed by atoms with Crippen LogP contribution in [0.1, 0.15) is 17.3 Å². The summed E-state index contributed by atoms with van der Waals surface area (Å²) < 4.78 is 28.9. The first-order chi connectivity index (χ1) is 11.9. The molecule has 0 spiro atoms. The fraction of sp³-hybridized carbons (Fsp3) is 0.176. The monoisotopic (exact) mass is 409 g/mol. The van der Waals surface area contributed by atoms with Gasteiger partial charge >= 0.3 is 5.97 Å². The summed E-state index contributed by atoms with van der Waals surface area (Å²) in [5.74, 6) is -0.612. The number of hydrogen-bond donors (Lipinski definition) is 1. The molecule has 2 aromatic carbocycles. The van der Waals surface area contributed by atoms with Crippen molar-refractivity contribution in [2.75, 3.05) is 12.1 Å². The average Bonchev–Trinajstić information content (AvgIpc) is 3.02. The highest BCUT2D eigenvalue weighted by atomic mass is 79.9. The van der Waals surface area contributed by atoms with Crippen LogP contribution >= 0.6 is 15.9 Å². The molecular weight excluding hydrogens is 397 g/mol. The van der Waals surface area contributed by atoms with E-state index in [1.54, 1.807) is 18.2 Å². The summed E-state index contributed by atoms with van der Waals surface area (Å²) in [6.45, 7) is 1.57. The summed E-state index contributed by atoms with van der Waals surface area (Å²) in [7, 11) is 0. The predicted octanol–water partition coefficient (Wildman–Crippen LogP) is 3.50. The first-order valence-electron chi connectivity index (χ1n) is 7.30. The molecule has 1 aliphatic heterocycles. The van der Waals surface area contributed by atoms with E-state index in [9.17, 15) is 14.0 Å². The third kappa shape index (κ3) is 3.90. The summed E-state index contributed by atoms with van der Waals surface area (Å²) in [4.78, 5) is 24.3. The third-order valence-corrected chi connectivity index (χ3v) is 4.10. The number of carbonyl (C=O) groups is 2. The molecule has 0 fully saturated rings.